The smallest absolute Gasteiger partial charge is 0.255 e. The van der Waals surface area contributed by atoms with E-state index < -0.39 is 6.29 Å². The highest BCUT2D eigenvalue weighted by Gasteiger charge is 2.38. The van der Waals surface area contributed by atoms with Crippen molar-refractivity contribution in [2.24, 2.45) is 5.92 Å². The minimum atomic E-state index is -0.588. The Hall–Kier alpha value is -3.56. The van der Waals surface area contributed by atoms with Gasteiger partial charge in [-0.1, -0.05) is 73.3 Å². The Morgan fingerprint density at radius 2 is 1.58 bits per heavy atom. The van der Waals surface area contributed by atoms with E-state index in [2.05, 4.69) is 22.2 Å². The van der Waals surface area contributed by atoms with E-state index in [4.69, 9.17) is 9.47 Å². The van der Waals surface area contributed by atoms with Crippen LogP contribution in [0.3, 0.4) is 0 Å². The number of carbonyl (C=O) groups excluding carboxylic acids is 1. The molecule has 4 aromatic rings. The molecule has 194 valence electrons. The summed E-state index contributed by atoms with van der Waals surface area (Å²) in [5, 5.41) is 13.1. The first-order chi connectivity index (χ1) is 18.6. The van der Waals surface area contributed by atoms with Crippen LogP contribution in [0.2, 0.25) is 0 Å². The largest absolute Gasteiger partial charge is 0.392 e. The molecule has 1 saturated heterocycles. The Bertz CT molecular complexity index is 1320. The first-order valence-corrected chi connectivity index (χ1v) is 13.5. The predicted octanol–water partition coefficient (Wildman–Crippen LogP) is 5.80. The molecule has 1 aliphatic heterocycles. The number of aliphatic hydroxyl groups is 1. The Morgan fingerprint density at radius 1 is 0.895 bits per heavy atom. The maximum Gasteiger partial charge on any atom is 0.255 e. The van der Waals surface area contributed by atoms with Gasteiger partial charge in [-0.15, -0.1) is 0 Å². The van der Waals surface area contributed by atoms with E-state index in [1.807, 2.05) is 66.7 Å². The molecule has 5 rings (SSSR count). The summed E-state index contributed by atoms with van der Waals surface area (Å²) in [6.45, 7) is 2.12. The molecule has 0 aliphatic carbocycles. The number of anilines is 1. The van der Waals surface area contributed by atoms with E-state index in [0.29, 0.717) is 22.2 Å². The van der Waals surface area contributed by atoms with Gasteiger partial charge >= 0.3 is 0 Å². The molecule has 0 bridgehead atoms. The van der Waals surface area contributed by atoms with Gasteiger partial charge in [0.05, 0.1) is 18.8 Å². The number of hydrogen-bond acceptors (Lipinski definition) is 7. The van der Waals surface area contributed by atoms with Gasteiger partial charge < -0.3 is 19.9 Å². The van der Waals surface area contributed by atoms with Crippen molar-refractivity contribution < 1.29 is 19.4 Å². The summed E-state index contributed by atoms with van der Waals surface area (Å²) in [4.78, 5) is 21.2. The molecule has 38 heavy (non-hydrogen) atoms. The second-order valence-corrected chi connectivity index (χ2v) is 10.1. The highest BCUT2D eigenvalue weighted by molar-refractivity contribution is 7.99. The molecule has 0 saturated carbocycles. The zero-order valence-corrected chi connectivity index (χ0v) is 21.8. The van der Waals surface area contributed by atoms with Crippen molar-refractivity contribution in [2.75, 3.05) is 11.1 Å². The van der Waals surface area contributed by atoms with E-state index in [-0.39, 0.29) is 30.6 Å². The molecule has 0 unspecified atom stereocenters. The summed E-state index contributed by atoms with van der Waals surface area (Å²) in [6.07, 6.45) is 2.55. The highest BCUT2D eigenvalue weighted by Crippen LogP contribution is 2.42. The van der Waals surface area contributed by atoms with Gasteiger partial charge in [0.1, 0.15) is 0 Å². The van der Waals surface area contributed by atoms with Gasteiger partial charge in [0.25, 0.3) is 5.91 Å². The molecule has 1 amide bonds. The quantitative estimate of drug-likeness (QED) is 0.221. The lowest BCUT2D eigenvalue weighted by atomic mass is 9.91. The van der Waals surface area contributed by atoms with E-state index in [1.165, 1.54) is 0 Å². The monoisotopic (exact) mass is 527 g/mol. The summed E-state index contributed by atoms with van der Waals surface area (Å²) < 4.78 is 13.0. The van der Waals surface area contributed by atoms with Crippen molar-refractivity contribution in [3.05, 3.63) is 120 Å². The average molecular weight is 528 g/mol. The SMILES string of the molecule is C[C@@H]1[C@H](CSc2ncccn2)O[C@H](c2ccc(NC(=O)c3ccccc3)cc2)O[C@@H]1c1ccc(CO)cc1. The third kappa shape index (κ3) is 6.28. The van der Waals surface area contributed by atoms with Crippen molar-refractivity contribution in [3.63, 3.8) is 0 Å². The van der Waals surface area contributed by atoms with Crippen molar-refractivity contribution in [1.29, 1.82) is 0 Å². The molecule has 0 radical (unpaired) electrons. The summed E-state index contributed by atoms with van der Waals surface area (Å²) in [5.41, 5.74) is 4.03. The number of aromatic nitrogens is 2. The van der Waals surface area contributed by atoms with E-state index in [0.717, 1.165) is 16.7 Å². The first-order valence-electron chi connectivity index (χ1n) is 12.5. The number of benzene rings is 3. The molecule has 1 aromatic heterocycles. The minimum absolute atomic E-state index is 0.00338. The van der Waals surface area contributed by atoms with E-state index in [9.17, 15) is 9.90 Å². The Morgan fingerprint density at radius 3 is 2.26 bits per heavy atom. The summed E-state index contributed by atoms with van der Waals surface area (Å²) in [5.74, 6) is 0.567. The van der Waals surface area contributed by atoms with Gasteiger partial charge in [0, 0.05) is 40.9 Å². The number of carbonyl (C=O) groups is 1. The fraction of sp³-hybridized carbons (Fsp3) is 0.233. The van der Waals surface area contributed by atoms with Crippen LogP contribution in [-0.4, -0.2) is 32.8 Å². The third-order valence-corrected chi connectivity index (χ3v) is 7.48. The van der Waals surface area contributed by atoms with Crippen LogP contribution in [0.15, 0.2) is 102 Å². The van der Waals surface area contributed by atoms with Crippen molar-refractivity contribution in [1.82, 2.24) is 9.97 Å². The second kappa shape index (κ2) is 12.3. The van der Waals surface area contributed by atoms with Crippen LogP contribution in [0.5, 0.6) is 0 Å². The standard InChI is InChI=1S/C30H29N3O4S/c1-20-26(19-38-30-31-16-5-17-32-30)36-29(37-27(20)22-10-8-21(18-34)9-11-22)24-12-14-25(15-13-24)33-28(35)23-6-3-2-4-7-23/h2-17,20,26-27,29,34H,18-19H2,1H3,(H,33,35)/t20-,26+,27+,29+/m1/s1. The lowest BCUT2D eigenvalue weighted by Gasteiger charge is -2.41. The zero-order chi connectivity index (χ0) is 26.3. The Labute approximate surface area is 226 Å². The first kappa shape index (κ1) is 26.1. The number of hydrogen-bond donors (Lipinski definition) is 2. The highest BCUT2D eigenvalue weighted by atomic mass is 32.2. The third-order valence-electron chi connectivity index (χ3n) is 6.52. The molecule has 1 fully saturated rings. The maximum absolute atomic E-state index is 12.5. The molecule has 7 nitrogen and oxygen atoms in total. The number of nitrogens with zero attached hydrogens (tertiary/aromatic N) is 2. The molecule has 2 N–H and O–H groups in total. The summed E-state index contributed by atoms with van der Waals surface area (Å²) in [6, 6.07) is 26.3. The average Bonchev–Trinajstić information content (AvgIpc) is 2.98. The van der Waals surface area contributed by atoms with E-state index in [1.54, 1.807) is 42.4 Å². The Kier molecular flexibility index (Phi) is 8.45. The molecule has 0 spiro atoms. The molecule has 1 aliphatic rings. The fourth-order valence-electron chi connectivity index (χ4n) is 4.34. The molecular weight excluding hydrogens is 498 g/mol. The number of amides is 1. The van der Waals surface area contributed by atoms with Crippen LogP contribution < -0.4 is 5.32 Å². The van der Waals surface area contributed by atoms with Gasteiger partial charge in [0.15, 0.2) is 11.4 Å². The van der Waals surface area contributed by atoms with E-state index >= 15 is 0 Å². The zero-order valence-electron chi connectivity index (χ0n) is 20.9. The summed E-state index contributed by atoms with van der Waals surface area (Å²) in [7, 11) is 0. The second-order valence-electron chi connectivity index (χ2n) is 9.11. The fourth-order valence-corrected chi connectivity index (χ4v) is 5.31. The number of nitrogens with one attached hydrogen (secondary N) is 1. The lowest BCUT2D eigenvalue weighted by molar-refractivity contribution is -0.268. The predicted molar refractivity (Wildman–Crippen MR) is 147 cm³/mol. The van der Waals surface area contributed by atoms with Crippen LogP contribution >= 0.6 is 11.8 Å². The van der Waals surface area contributed by atoms with Gasteiger partial charge in [0.2, 0.25) is 0 Å². The van der Waals surface area contributed by atoms with Crippen LogP contribution in [-0.2, 0) is 16.1 Å². The molecule has 3 aromatic carbocycles. The lowest BCUT2D eigenvalue weighted by Crippen LogP contribution is -2.38. The molecule has 4 atom stereocenters. The van der Waals surface area contributed by atoms with Crippen LogP contribution in [0.1, 0.15) is 46.4 Å². The summed E-state index contributed by atoms with van der Waals surface area (Å²) >= 11 is 1.56. The number of aliphatic hydroxyl groups excluding tert-OH is 1. The van der Waals surface area contributed by atoms with Gasteiger partial charge in [-0.25, -0.2) is 9.97 Å². The molecular formula is C30H29N3O4S. The van der Waals surface area contributed by atoms with Gasteiger partial charge in [-0.05, 0) is 41.5 Å². The molecule has 2 heterocycles. The van der Waals surface area contributed by atoms with Gasteiger partial charge in [-0.2, -0.15) is 0 Å². The van der Waals surface area contributed by atoms with Crippen molar-refractivity contribution >= 4 is 23.4 Å². The number of ether oxygens (including phenoxy) is 2. The van der Waals surface area contributed by atoms with Gasteiger partial charge in [-0.3, -0.25) is 4.79 Å². The topological polar surface area (TPSA) is 93.6 Å². The number of thioether (sulfide) groups is 1. The maximum atomic E-state index is 12.5. The van der Waals surface area contributed by atoms with Crippen LogP contribution in [0, 0.1) is 5.92 Å². The molecule has 8 heteroatoms. The number of rotatable bonds is 8. The minimum Gasteiger partial charge on any atom is -0.392 e. The van der Waals surface area contributed by atoms with Crippen LogP contribution in [0.25, 0.3) is 0 Å². The Balaban J connectivity index is 1.34. The van der Waals surface area contributed by atoms with Crippen molar-refractivity contribution in [2.45, 2.75) is 37.2 Å². The van der Waals surface area contributed by atoms with Crippen LogP contribution in [0.4, 0.5) is 5.69 Å². The van der Waals surface area contributed by atoms with Crippen molar-refractivity contribution in [3.8, 4) is 0 Å². The normalized spacial score (nSPS) is 21.1.